The molecule has 0 atom stereocenters. The second-order valence-corrected chi connectivity index (χ2v) is 6.19. The van der Waals surface area contributed by atoms with Gasteiger partial charge >= 0.3 is 0 Å². The van der Waals surface area contributed by atoms with Crippen molar-refractivity contribution in [1.29, 1.82) is 0 Å². The molecule has 1 aromatic carbocycles. The maximum atomic E-state index is 13.1. The smallest absolute Gasteiger partial charge is 0.274 e. The summed E-state index contributed by atoms with van der Waals surface area (Å²) in [5.74, 6) is -1.90. The molecule has 0 spiro atoms. The zero-order chi connectivity index (χ0) is 21.5. The molecular formula is C21H17F2N5O2. The van der Waals surface area contributed by atoms with Crippen LogP contribution in [0, 0.1) is 11.8 Å². The molecule has 30 heavy (non-hydrogen) atoms. The first kappa shape index (κ1) is 20.6. The van der Waals surface area contributed by atoms with Crippen molar-refractivity contribution in [1.82, 2.24) is 9.97 Å². The molecule has 2 heterocycles. The van der Waals surface area contributed by atoms with E-state index in [2.05, 4.69) is 20.6 Å². The minimum atomic E-state index is -0.573. The summed E-state index contributed by atoms with van der Waals surface area (Å²) < 4.78 is 25.8. The van der Waals surface area contributed by atoms with E-state index >= 15 is 0 Å². The summed E-state index contributed by atoms with van der Waals surface area (Å²) in [5, 5.41) is 5.19. The molecule has 4 N–H and O–H groups in total. The van der Waals surface area contributed by atoms with E-state index in [1.807, 2.05) is 0 Å². The molecule has 7 nitrogen and oxygen atoms in total. The van der Waals surface area contributed by atoms with Gasteiger partial charge in [0.2, 0.25) is 11.9 Å². The summed E-state index contributed by atoms with van der Waals surface area (Å²) in [6.07, 6.45) is 6.06. The van der Waals surface area contributed by atoms with Crippen molar-refractivity contribution >= 4 is 35.0 Å². The van der Waals surface area contributed by atoms with Gasteiger partial charge in [-0.15, -0.1) is 0 Å². The van der Waals surface area contributed by atoms with Crippen molar-refractivity contribution in [3.8, 4) is 0 Å². The lowest BCUT2D eigenvalue weighted by Crippen LogP contribution is -2.15. The first-order chi connectivity index (χ1) is 14.4. The highest BCUT2D eigenvalue weighted by molar-refractivity contribution is 6.04. The molecule has 0 aliphatic carbocycles. The van der Waals surface area contributed by atoms with Gasteiger partial charge < -0.3 is 16.4 Å². The fraction of sp³-hybridized carbons (Fsp3) is 0.0476. The Balaban J connectivity index is 1.53. The number of rotatable bonds is 6. The number of nitrogen functional groups attached to an aromatic ring is 1. The number of halogens is 2. The standard InChI is InChI=1S/C21H17F2N5O2/c22-14-5-7-17(16(24)10-14)28-21(30)18-8-6-15(12-25-18)27-20(29)3-1-2-13-4-9-19(23)26-11-13/h1-2,4-12H,3,24H2,(H,27,29)(H,28,30)/b2-1+. The van der Waals surface area contributed by atoms with Crippen LogP contribution in [0.1, 0.15) is 22.5 Å². The third kappa shape index (κ3) is 5.68. The molecule has 0 bridgehead atoms. The Labute approximate surface area is 170 Å². The summed E-state index contributed by atoms with van der Waals surface area (Å²) in [6, 6.07) is 9.37. The third-order valence-corrected chi connectivity index (χ3v) is 3.91. The summed E-state index contributed by atoms with van der Waals surface area (Å²) in [4.78, 5) is 31.8. The monoisotopic (exact) mass is 409 g/mol. The van der Waals surface area contributed by atoms with Crippen LogP contribution in [0.5, 0.6) is 0 Å². The number of anilines is 3. The second-order valence-electron chi connectivity index (χ2n) is 6.19. The van der Waals surface area contributed by atoms with Gasteiger partial charge in [0.1, 0.15) is 11.5 Å². The Morgan fingerprint density at radius 3 is 2.50 bits per heavy atom. The molecule has 0 saturated heterocycles. The van der Waals surface area contributed by atoms with Crippen molar-refractivity contribution in [3.05, 3.63) is 84.0 Å². The maximum absolute atomic E-state index is 13.1. The van der Waals surface area contributed by atoms with E-state index in [0.717, 1.165) is 6.07 Å². The van der Waals surface area contributed by atoms with Crippen LogP contribution < -0.4 is 16.4 Å². The van der Waals surface area contributed by atoms with Gasteiger partial charge in [-0.3, -0.25) is 9.59 Å². The van der Waals surface area contributed by atoms with Crippen LogP contribution in [0.2, 0.25) is 0 Å². The Hall–Kier alpha value is -4.14. The molecular weight excluding hydrogens is 392 g/mol. The van der Waals surface area contributed by atoms with E-state index in [9.17, 15) is 18.4 Å². The molecule has 0 aliphatic heterocycles. The third-order valence-electron chi connectivity index (χ3n) is 3.91. The number of carbonyl (C=O) groups excluding carboxylic acids is 2. The van der Waals surface area contributed by atoms with Crippen molar-refractivity contribution in [2.45, 2.75) is 6.42 Å². The Bertz CT molecular complexity index is 1080. The average molecular weight is 409 g/mol. The number of nitrogens with two attached hydrogens (primary N) is 1. The van der Waals surface area contributed by atoms with E-state index < -0.39 is 17.7 Å². The molecule has 0 fully saturated rings. The van der Waals surface area contributed by atoms with E-state index in [4.69, 9.17) is 5.73 Å². The molecule has 3 rings (SSSR count). The average Bonchev–Trinajstić information content (AvgIpc) is 2.72. The molecule has 0 saturated carbocycles. The minimum Gasteiger partial charge on any atom is -0.397 e. The summed E-state index contributed by atoms with van der Waals surface area (Å²) in [6.45, 7) is 0. The van der Waals surface area contributed by atoms with Crippen molar-refractivity contribution < 1.29 is 18.4 Å². The molecule has 0 unspecified atom stereocenters. The summed E-state index contributed by atoms with van der Waals surface area (Å²) >= 11 is 0. The highest BCUT2D eigenvalue weighted by Gasteiger charge is 2.10. The van der Waals surface area contributed by atoms with Gasteiger partial charge in [-0.2, -0.15) is 4.39 Å². The normalized spacial score (nSPS) is 10.7. The fourth-order valence-corrected chi connectivity index (χ4v) is 2.44. The van der Waals surface area contributed by atoms with Gasteiger partial charge in [-0.05, 0) is 48.0 Å². The number of hydrogen-bond acceptors (Lipinski definition) is 5. The maximum Gasteiger partial charge on any atom is 0.274 e. The van der Waals surface area contributed by atoms with Gasteiger partial charge in [-0.1, -0.05) is 12.2 Å². The van der Waals surface area contributed by atoms with Gasteiger partial charge in [0.25, 0.3) is 5.91 Å². The zero-order valence-electron chi connectivity index (χ0n) is 15.6. The van der Waals surface area contributed by atoms with E-state index in [1.165, 1.54) is 42.7 Å². The first-order valence-electron chi connectivity index (χ1n) is 8.81. The quantitative estimate of drug-likeness (QED) is 0.425. The van der Waals surface area contributed by atoms with Crippen LogP contribution in [0.25, 0.3) is 6.08 Å². The number of hydrogen-bond donors (Lipinski definition) is 3. The SMILES string of the molecule is Nc1cc(F)ccc1NC(=O)c1ccc(NC(=O)C/C=C/c2ccc(F)nc2)cn1. The number of amides is 2. The van der Waals surface area contributed by atoms with Crippen LogP contribution in [0.3, 0.4) is 0 Å². The van der Waals surface area contributed by atoms with Crippen LogP contribution in [-0.2, 0) is 4.79 Å². The topological polar surface area (TPSA) is 110 Å². The Kier molecular flexibility index (Phi) is 6.43. The lowest BCUT2D eigenvalue weighted by molar-refractivity contribution is -0.115. The van der Waals surface area contributed by atoms with Gasteiger partial charge in [0, 0.05) is 12.6 Å². The number of aromatic nitrogens is 2. The summed E-state index contributed by atoms with van der Waals surface area (Å²) in [7, 11) is 0. The predicted octanol–water partition coefficient (Wildman–Crippen LogP) is 3.63. The largest absolute Gasteiger partial charge is 0.397 e. The van der Waals surface area contributed by atoms with Gasteiger partial charge in [0.15, 0.2) is 0 Å². The van der Waals surface area contributed by atoms with E-state index in [1.54, 1.807) is 18.2 Å². The Morgan fingerprint density at radius 2 is 1.83 bits per heavy atom. The molecule has 3 aromatic rings. The molecule has 9 heteroatoms. The highest BCUT2D eigenvalue weighted by Crippen LogP contribution is 2.20. The lowest BCUT2D eigenvalue weighted by atomic mass is 10.2. The fourth-order valence-electron chi connectivity index (χ4n) is 2.44. The van der Waals surface area contributed by atoms with Crippen molar-refractivity contribution in [2.75, 3.05) is 16.4 Å². The van der Waals surface area contributed by atoms with Gasteiger partial charge in [0.05, 0.1) is 23.3 Å². The van der Waals surface area contributed by atoms with Crippen LogP contribution in [0.15, 0.2) is 60.9 Å². The van der Waals surface area contributed by atoms with Gasteiger partial charge in [-0.25, -0.2) is 14.4 Å². The highest BCUT2D eigenvalue weighted by atomic mass is 19.1. The van der Waals surface area contributed by atoms with Crippen LogP contribution in [-0.4, -0.2) is 21.8 Å². The summed E-state index contributed by atoms with van der Waals surface area (Å²) in [5.41, 5.74) is 7.20. The predicted molar refractivity (Wildman–Crippen MR) is 109 cm³/mol. The zero-order valence-corrected chi connectivity index (χ0v) is 15.6. The number of carbonyl (C=O) groups is 2. The molecule has 0 radical (unpaired) electrons. The Morgan fingerprint density at radius 1 is 1.00 bits per heavy atom. The van der Waals surface area contributed by atoms with Crippen LogP contribution in [0.4, 0.5) is 25.8 Å². The first-order valence-corrected chi connectivity index (χ1v) is 8.81. The van der Waals surface area contributed by atoms with Crippen molar-refractivity contribution in [2.24, 2.45) is 0 Å². The minimum absolute atomic E-state index is 0.0868. The second kappa shape index (κ2) is 9.37. The number of benzene rings is 1. The van der Waals surface area contributed by atoms with E-state index in [0.29, 0.717) is 11.3 Å². The van der Waals surface area contributed by atoms with Crippen LogP contribution >= 0.6 is 0 Å². The number of pyridine rings is 2. The molecule has 2 amide bonds. The number of nitrogens with zero attached hydrogens (tertiary/aromatic N) is 2. The van der Waals surface area contributed by atoms with E-state index in [-0.39, 0.29) is 29.4 Å². The van der Waals surface area contributed by atoms with Crippen molar-refractivity contribution in [3.63, 3.8) is 0 Å². The molecule has 152 valence electrons. The molecule has 2 aromatic heterocycles. The lowest BCUT2D eigenvalue weighted by Gasteiger charge is -2.08. The number of nitrogens with one attached hydrogen (secondary N) is 2. The molecule has 0 aliphatic rings.